The predicted molar refractivity (Wildman–Crippen MR) is 50.5 cm³/mol. The van der Waals surface area contributed by atoms with Crippen molar-refractivity contribution in [1.29, 1.82) is 0 Å². The van der Waals surface area contributed by atoms with Gasteiger partial charge >= 0.3 is 5.97 Å². The van der Waals surface area contributed by atoms with Crippen molar-refractivity contribution >= 4 is 5.97 Å². The molecule has 0 aliphatic heterocycles. The van der Waals surface area contributed by atoms with Gasteiger partial charge in [-0.2, -0.15) is 0 Å². The summed E-state index contributed by atoms with van der Waals surface area (Å²) >= 11 is 0. The van der Waals surface area contributed by atoms with Crippen molar-refractivity contribution in [2.75, 3.05) is 0 Å². The van der Waals surface area contributed by atoms with E-state index in [9.17, 15) is 15.0 Å². The zero-order valence-electron chi connectivity index (χ0n) is 7.82. The molecule has 0 heterocycles. The number of carbonyl (C=O) groups is 1. The van der Waals surface area contributed by atoms with Gasteiger partial charge in [-0.1, -0.05) is 6.92 Å². The number of carboxylic acids is 1. The molecule has 3 N–H and O–H groups in total. The first-order chi connectivity index (χ1) is 6.54. The molecule has 0 spiro atoms. The standard InChI is InChI=1S/C10H12O4/c1-2-8-6(4-10(13)14)3-7(11)5-9(8)12/h3,5,11-12H,2,4H2,1H3,(H,13,14). The van der Waals surface area contributed by atoms with Crippen LogP contribution in [0.25, 0.3) is 0 Å². The highest BCUT2D eigenvalue weighted by atomic mass is 16.4. The summed E-state index contributed by atoms with van der Waals surface area (Å²) in [6.07, 6.45) is 0.347. The maximum Gasteiger partial charge on any atom is 0.307 e. The number of carboxylic acid groups (broad SMARTS) is 1. The second kappa shape index (κ2) is 4.00. The minimum absolute atomic E-state index is 0.0521. The van der Waals surface area contributed by atoms with Gasteiger partial charge in [0.25, 0.3) is 0 Å². The fraction of sp³-hybridized carbons (Fsp3) is 0.300. The normalized spacial score (nSPS) is 10.1. The van der Waals surface area contributed by atoms with Gasteiger partial charge in [0.05, 0.1) is 6.42 Å². The lowest BCUT2D eigenvalue weighted by atomic mass is 10.0. The van der Waals surface area contributed by atoms with Crippen LogP contribution in [0, 0.1) is 0 Å². The Kier molecular flexibility index (Phi) is 2.96. The lowest BCUT2D eigenvalue weighted by molar-refractivity contribution is -0.136. The van der Waals surface area contributed by atoms with Crippen molar-refractivity contribution in [3.05, 3.63) is 23.3 Å². The Morgan fingerprint density at radius 2 is 2.00 bits per heavy atom. The number of aliphatic carboxylic acids is 1. The highest BCUT2D eigenvalue weighted by Gasteiger charge is 2.11. The summed E-state index contributed by atoms with van der Waals surface area (Å²) in [6, 6.07) is 2.58. The molecule has 1 rings (SSSR count). The minimum atomic E-state index is -0.982. The second-order valence-corrected chi connectivity index (χ2v) is 3.03. The molecule has 0 atom stereocenters. The number of hydrogen-bond donors (Lipinski definition) is 3. The van der Waals surface area contributed by atoms with Gasteiger partial charge in [-0.15, -0.1) is 0 Å². The smallest absolute Gasteiger partial charge is 0.307 e. The molecule has 76 valence electrons. The van der Waals surface area contributed by atoms with Crippen LogP contribution in [0.4, 0.5) is 0 Å². The van der Waals surface area contributed by atoms with E-state index >= 15 is 0 Å². The van der Waals surface area contributed by atoms with Crippen LogP contribution in [-0.4, -0.2) is 21.3 Å². The largest absolute Gasteiger partial charge is 0.508 e. The Morgan fingerprint density at radius 1 is 1.36 bits per heavy atom. The molecule has 0 fully saturated rings. The van der Waals surface area contributed by atoms with Crippen LogP contribution in [0.1, 0.15) is 18.1 Å². The molecule has 0 unspecified atom stereocenters. The van der Waals surface area contributed by atoms with Crippen molar-refractivity contribution < 1.29 is 20.1 Å². The van der Waals surface area contributed by atoms with E-state index in [4.69, 9.17) is 5.11 Å². The fourth-order valence-corrected chi connectivity index (χ4v) is 1.43. The summed E-state index contributed by atoms with van der Waals surface area (Å²) in [6.45, 7) is 1.82. The molecule has 0 amide bonds. The molecular formula is C10H12O4. The van der Waals surface area contributed by atoms with E-state index in [0.29, 0.717) is 17.5 Å². The van der Waals surface area contributed by atoms with E-state index < -0.39 is 5.97 Å². The maximum absolute atomic E-state index is 10.5. The fourth-order valence-electron chi connectivity index (χ4n) is 1.43. The van der Waals surface area contributed by atoms with Crippen LogP contribution in [0.2, 0.25) is 0 Å². The van der Waals surface area contributed by atoms with Crippen molar-refractivity contribution in [2.24, 2.45) is 0 Å². The molecule has 1 aromatic rings. The van der Waals surface area contributed by atoms with Gasteiger partial charge in [0.1, 0.15) is 11.5 Å². The summed E-state index contributed by atoms with van der Waals surface area (Å²) in [4.78, 5) is 10.5. The molecule has 0 aliphatic carbocycles. The first kappa shape index (κ1) is 10.4. The van der Waals surface area contributed by atoms with Gasteiger partial charge in [0.15, 0.2) is 0 Å². The van der Waals surface area contributed by atoms with E-state index in [1.54, 1.807) is 0 Å². The summed E-state index contributed by atoms with van der Waals surface area (Å²) in [7, 11) is 0. The molecule has 0 bridgehead atoms. The lowest BCUT2D eigenvalue weighted by Crippen LogP contribution is -2.03. The van der Waals surface area contributed by atoms with Crippen LogP contribution in [0.5, 0.6) is 11.5 Å². The number of rotatable bonds is 3. The monoisotopic (exact) mass is 196 g/mol. The Bertz CT molecular complexity index is 357. The molecule has 1 aromatic carbocycles. The quantitative estimate of drug-likeness (QED) is 0.680. The van der Waals surface area contributed by atoms with Crippen molar-refractivity contribution in [2.45, 2.75) is 19.8 Å². The Balaban J connectivity index is 3.17. The molecule has 4 heteroatoms. The van der Waals surface area contributed by atoms with E-state index in [2.05, 4.69) is 0 Å². The zero-order valence-corrected chi connectivity index (χ0v) is 7.82. The summed E-state index contributed by atoms with van der Waals surface area (Å²) < 4.78 is 0. The molecule has 0 saturated heterocycles. The number of phenolic OH excluding ortho intramolecular Hbond substituents is 2. The van der Waals surface area contributed by atoms with Gasteiger partial charge in [-0.3, -0.25) is 4.79 Å². The van der Waals surface area contributed by atoms with E-state index in [0.717, 1.165) is 0 Å². The van der Waals surface area contributed by atoms with E-state index in [1.165, 1.54) is 12.1 Å². The molecule has 0 aliphatic rings. The summed E-state index contributed by atoms with van der Waals surface area (Å²) in [5, 5.41) is 27.2. The van der Waals surface area contributed by atoms with Crippen LogP contribution in [-0.2, 0) is 17.6 Å². The minimum Gasteiger partial charge on any atom is -0.508 e. The van der Waals surface area contributed by atoms with E-state index in [1.807, 2.05) is 6.92 Å². The number of hydrogen-bond acceptors (Lipinski definition) is 3. The first-order valence-corrected chi connectivity index (χ1v) is 4.30. The van der Waals surface area contributed by atoms with E-state index in [-0.39, 0.29) is 17.9 Å². The van der Waals surface area contributed by atoms with Gasteiger partial charge in [0.2, 0.25) is 0 Å². The zero-order chi connectivity index (χ0) is 10.7. The second-order valence-electron chi connectivity index (χ2n) is 3.03. The van der Waals surface area contributed by atoms with Gasteiger partial charge in [-0.05, 0) is 23.6 Å². The Morgan fingerprint density at radius 3 is 2.50 bits per heavy atom. The SMILES string of the molecule is CCc1c(O)cc(O)cc1CC(=O)O. The van der Waals surface area contributed by atoms with Gasteiger partial charge in [-0.25, -0.2) is 0 Å². The number of phenols is 2. The van der Waals surface area contributed by atoms with Crippen LogP contribution < -0.4 is 0 Å². The topological polar surface area (TPSA) is 77.8 Å². The molecule has 0 radical (unpaired) electrons. The lowest BCUT2D eigenvalue weighted by Gasteiger charge is -2.08. The molecular weight excluding hydrogens is 184 g/mol. The summed E-state index contributed by atoms with van der Waals surface area (Å²) in [5.74, 6) is -1.15. The van der Waals surface area contributed by atoms with Crippen LogP contribution >= 0.6 is 0 Å². The third-order valence-electron chi connectivity index (χ3n) is 2.00. The van der Waals surface area contributed by atoms with Crippen LogP contribution in [0.15, 0.2) is 12.1 Å². The molecule has 0 aromatic heterocycles. The number of benzene rings is 1. The van der Waals surface area contributed by atoms with Crippen molar-refractivity contribution in [1.82, 2.24) is 0 Å². The first-order valence-electron chi connectivity index (χ1n) is 4.30. The average molecular weight is 196 g/mol. The van der Waals surface area contributed by atoms with Crippen molar-refractivity contribution in [3.8, 4) is 11.5 Å². The van der Waals surface area contributed by atoms with Gasteiger partial charge in [0, 0.05) is 6.07 Å². The Hall–Kier alpha value is -1.71. The van der Waals surface area contributed by atoms with Crippen LogP contribution in [0.3, 0.4) is 0 Å². The van der Waals surface area contributed by atoms with Crippen molar-refractivity contribution in [3.63, 3.8) is 0 Å². The summed E-state index contributed by atoms with van der Waals surface area (Å²) in [5.41, 5.74) is 1.03. The predicted octanol–water partition coefficient (Wildman–Crippen LogP) is 1.29. The molecule has 14 heavy (non-hydrogen) atoms. The maximum atomic E-state index is 10.5. The third kappa shape index (κ3) is 2.16. The third-order valence-corrected chi connectivity index (χ3v) is 2.00. The van der Waals surface area contributed by atoms with Gasteiger partial charge < -0.3 is 15.3 Å². The highest BCUT2D eigenvalue weighted by molar-refractivity contribution is 5.71. The molecule has 0 saturated carbocycles. The highest BCUT2D eigenvalue weighted by Crippen LogP contribution is 2.27. The molecule has 4 nitrogen and oxygen atoms in total. The Labute approximate surface area is 81.4 Å². The number of aromatic hydroxyl groups is 2. The average Bonchev–Trinajstić information content (AvgIpc) is 2.01.